The maximum Gasteiger partial charge on any atom is 0.0754 e. The summed E-state index contributed by atoms with van der Waals surface area (Å²) >= 11 is 0. The largest absolute Gasteiger partial charge is 0.389 e. The van der Waals surface area contributed by atoms with Gasteiger partial charge in [-0.05, 0) is 66.1 Å². The van der Waals surface area contributed by atoms with Crippen LogP contribution in [0.5, 0.6) is 0 Å². The minimum atomic E-state index is -0.432. The van der Waals surface area contributed by atoms with Crippen LogP contribution in [0.25, 0.3) is 0 Å². The van der Waals surface area contributed by atoms with Gasteiger partial charge in [0.15, 0.2) is 0 Å². The average Bonchev–Trinajstić information content (AvgIpc) is 2.20. The molecule has 4 aliphatic carbocycles. The Balaban J connectivity index is 2.05. The van der Waals surface area contributed by atoms with Crippen molar-refractivity contribution in [2.45, 2.75) is 72.8 Å². The van der Waals surface area contributed by atoms with Crippen molar-refractivity contribution in [1.82, 2.24) is 0 Å². The molecule has 4 unspecified atom stereocenters. The summed E-state index contributed by atoms with van der Waals surface area (Å²) in [6.07, 6.45) is 5.29. The normalized spacial score (nSPS) is 49.7. The number of aliphatic hydroxyl groups is 1. The molecule has 1 heteroatoms. The van der Waals surface area contributed by atoms with Crippen molar-refractivity contribution in [2.75, 3.05) is 0 Å². The summed E-state index contributed by atoms with van der Waals surface area (Å²) in [6, 6.07) is 0. The fraction of sp³-hybridized carbons (Fsp3) is 1.00. The maximum atomic E-state index is 11.7. The molecule has 110 valence electrons. The molecule has 4 fully saturated rings. The molecule has 19 heavy (non-hydrogen) atoms. The first-order valence-electron chi connectivity index (χ1n) is 8.27. The van der Waals surface area contributed by atoms with E-state index in [-0.39, 0.29) is 5.41 Å². The van der Waals surface area contributed by atoms with E-state index >= 15 is 0 Å². The Morgan fingerprint density at radius 3 is 2.05 bits per heavy atom. The van der Waals surface area contributed by atoms with Crippen molar-refractivity contribution >= 4 is 0 Å². The summed E-state index contributed by atoms with van der Waals surface area (Å²) in [4.78, 5) is 0. The molecular weight excluding hydrogens is 232 g/mol. The molecule has 0 saturated heterocycles. The molecule has 0 aromatic heterocycles. The van der Waals surface area contributed by atoms with Crippen molar-refractivity contribution in [3.05, 3.63) is 0 Å². The van der Waals surface area contributed by atoms with Gasteiger partial charge in [0, 0.05) is 0 Å². The second kappa shape index (κ2) is 3.78. The Morgan fingerprint density at radius 2 is 1.53 bits per heavy atom. The van der Waals surface area contributed by atoms with Crippen LogP contribution in [0.2, 0.25) is 0 Å². The SMILES string of the molecule is CC(C)(C)[C@H]1C2CC3CC(C2)[C@](O)(C(C)(C)C)C1C3. The van der Waals surface area contributed by atoms with Gasteiger partial charge in [0.1, 0.15) is 0 Å². The van der Waals surface area contributed by atoms with Gasteiger partial charge in [-0.15, -0.1) is 0 Å². The highest BCUT2D eigenvalue weighted by atomic mass is 16.3. The summed E-state index contributed by atoms with van der Waals surface area (Å²) in [7, 11) is 0. The molecule has 1 nitrogen and oxygen atoms in total. The lowest BCUT2D eigenvalue weighted by molar-refractivity contribution is -0.259. The van der Waals surface area contributed by atoms with E-state index in [1.807, 2.05) is 0 Å². The van der Waals surface area contributed by atoms with Crippen LogP contribution in [0.15, 0.2) is 0 Å². The van der Waals surface area contributed by atoms with Gasteiger partial charge in [-0.2, -0.15) is 0 Å². The summed E-state index contributed by atoms with van der Waals surface area (Å²) in [5.74, 6) is 3.60. The Hall–Kier alpha value is -0.0400. The third kappa shape index (κ3) is 1.76. The first kappa shape index (κ1) is 13.9. The second-order valence-corrected chi connectivity index (χ2v) is 9.84. The third-order valence-corrected chi connectivity index (χ3v) is 6.76. The van der Waals surface area contributed by atoms with E-state index in [1.165, 1.54) is 25.7 Å². The van der Waals surface area contributed by atoms with Crippen LogP contribution in [0.1, 0.15) is 67.2 Å². The number of rotatable bonds is 0. The maximum absolute atomic E-state index is 11.7. The first-order valence-corrected chi connectivity index (χ1v) is 8.27. The molecule has 4 rings (SSSR count). The highest BCUT2D eigenvalue weighted by Crippen LogP contribution is 2.67. The zero-order valence-corrected chi connectivity index (χ0v) is 13.7. The molecule has 0 heterocycles. The van der Waals surface area contributed by atoms with Gasteiger partial charge in [0.25, 0.3) is 0 Å². The van der Waals surface area contributed by atoms with Crippen molar-refractivity contribution in [1.29, 1.82) is 0 Å². The van der Waals surface area contributed by atoms with Crippen molar-refractivity contribution < 1.29 is 5.11 Å². The molecule has 6 atom stereocenters. The molecule has 4 bridgehead atoms. The van der Waals surface area contributed by atoms with Gasteiger partial charge >= 0.3 is 0 Å². The van der Waals surface area contributed by atoms with Gasteiger partial charge in [-0.1, -0.05) is 41.5 Å². The highest BCUT2D eigenvalue weighted by Gasteiger charge is 2.65. The molecule has 0 aromatic carbocycles. The number of hydrogen-bond donors (Lipinski definition) is 1. The van der Waals surface area contributed by atoms with Crippen LogP contribution in [-0.2, 0) is 0 Å². The van der Waals surface area contributed by atoms with Gasteiger partial charge in [-0.3, -0.25) is 0 Å². The number of hydrogen-bond acceptors (Lipinski definition) is 1. The molecule has 0 radical (unpaired) electrons. The van der Waals surface area contributed by atoms with Crippen LogP contribution >= 0.6 is 0 Å². The fourth-order valence-corrected chi connectivity index (χ4v) is 6.40. The van der Waals surface area contributed by atoms with E-state index in [2.05, 4.69) is 41.5 Å². The summed E-state index contributed by atoms with van der Waals surface area (Å²) < 4.78 is 0. The molecule has 4 aliphatic rings. The van der Waals surface area contributed by atoms with Crippen molar-refractivity contribution in [2.24, 2.45) is 40.4 Å². The molecule has 0 aliphatic heterocycles. The molecular formula is C18H32O. The Kier molecular flexibility index (Phi) is 2.77. The van der Waals surface area contributed by atoms with Crippen molar-refractivity contribution in [3.8, 4) is 0 Å². The van der Waals surface area contributed by atoms with E-state index in [0.717, 1.165) is 11.8 Å². The summed E-state index contributed by atoms with van der Waals surface area (Å²) in [5, 5.41) is 11.7. The van der Waals surface area contributed by atoms with E-state index < -0.39 is 5.60 Å². The van der Waals surface area contributed by atoms with Gasteiger partial charge in [0.05, 0.1) is 5.60 Å². The highest BCUT2D eigenvalue weighted by molar-refractivity contribution is 5.15. The third-order valence-electron chi connectivity index (χ3n) is 6.76. The predicted molar refractivity (Wildman–Crippen MR) is 79.8 cm³/mol. The van der Waals surface area contributed by atoms with Crippen LogP contribution in [0, 0.1) is 40.4 Å². The zero-order valence-electron chi connectivity index (χ0n) is 13.7. The van der Waals surface area contributed by atoms with E-state index in [9.17, 15) is 5.11 Å². The van der Waals surface area contributed by atoms with Gasteiger partial charge in [0.2, 0.25) is 0 Å². The molecule has 0 spiro atoms. The Morgan fingerprint density at radius 1 is 0.895 bits per heavy atom. The van der Waals surface area contributed by atoms with E-state index in [0.29, 0.717) is 23.2 Å². The quantitative estimate of drug-likeness (QED) is 0.683. The molecule has 0 aromatic rings. The first-order chi connectivity index (χ1) is 8.55. The standard InChI is InChI=1S/C18H32O/c1-16(2,3)15-12-7-11-8-13(10-12)18(19,14(15)9-11)17(4,5)6/h11-15,19H,7-10H2,1-6H3/t11?,12?,13?,14?,15-,18+/m0/s1. The van der Waals surface area contributed by atoms with Crippen molar-refractivity contribution in [3.63, 3.8) is 0 Å². The zero-order chi connectivity index (χ0) is 14.2. The minimum absolute atomic E-state index is 0.0130. The fourth-order valence-electron chi connectivity index (χ4n) is 6.40. The topological polar surface area (TPSA) is 20.2 Å². The molecule has 4 saturated carbocycles. The van der Waals surface area contributed by atoms with Gasteiger partial charge < -0.3 is 5.11 Å². The lowest BCUT2D eigenvalue weighted by Crippen LogP contribution is -2.68. The molecule has 0 amide bonds. The molecule has 1 N–H and O–H groups in total. The lowest BCUT2D eigenvalue weighted by Gasteiger charge is -2.68. The smallest absolute Gasteiger partial charge is 0.0754 e. The van der Waals surface area contributed by atoms with E-state index in [1.54, 1.807) is 0 Å². The minimum Gasteiger partial charge on any atom is -0.389 e. The Labute approximate surface area is 119 Å². The predicted octanol–water partition coefficient (Wildman–Crippen LogP) is 4.49. The van der Waals surface area contributed by atoms with Crippen LogP contribution < -0.4 is 0 Å². The van der Waals surface area contributed by atoms with Crippen LogP contribution in [0.3, 0.4) is 0 Å². The average molecular weight is 264 g/mol. The Bertz CT molecular complexity index is 372. The summed E-state index contributed by atoms with van der Waals surface area (Å²) in [5.41, 5.74) is -0.0840. The lowest BCUT2D eigenvalue weighted by atomic mass is 9.39. The van der Waals surface area contributed by atoms with Gasteiger partial charge in [-0.25, -0.2) is 0 Å². The summed E-state index contributed by atoms with van der Waals surface area (Å²) in [6.45, 7) is 14.0. The van der Waals surface area contributed by atoms with Crippen LogP contribution in [-0.4, -0.2) is 10.7 Å². The van der Waals surface area contributed by atoms with E-state index in [4.69, 9.17) is 0 Å². The monoisotopic (exact) mass is 264 g/mol. The second-order valence-electron chi connectivity index (χ2n) is 9.84. The van der Waals surface area contributed by atoms with Crippen LogP contribution in [0.4, 0.5) is 0 Å².